The first-order valence-electron chi connectivity index (χ1n) is 8.96. The van der Waals surface area contributed by atoms with Gasteiger partial charge in [-0.1, -0.05) is 6.92 Å². The Hall–Kier alpha value is -2.13. The average Bonchev–Trinajstić information content (AvgIpc) is 3.15. The lowest BCUT2D eigenvalue weighted by molar-refractivity contribution is 0.0497. The number of amides is 1. The Labute approximate surface area is 161 Å². The number of thiophene rings is 1. The summed E-state index contributed by atoms with van der Waals surface area (Å²) in [4.78, 5) is 38.8. The van der Waals surface area contributed by atoms with Gasteiger partial charge in [0.1, 0.15) is 10.4 Å². The number of aromatic nitrogens is 2. The zero-order valence-corrected chi connectivity index (χ0v) is 17.3. The summed E-state index contributed by atoms with van der Waals surface area (Å²) in [6, 6.07) is -0.00434. The fraction of sp³-hybridized carbons (Fsp3) is 0.611. The maximum Gasteiger partial charge on any atom is 0.422 e. The molecule has 8 nitrogen and oxygen atoms in total. The number of aryl methyl sites for hydroxylation is 2. The number of hydrogen-bond donors (Lipinski definition) is 2. The molecule has 0 aromatic carbocycles. The van der Waals surface area contributed by atoms with Gasteiger partial charge in [-0.05, 0) is 45.6 Å². The standard InChI is InChI=1S/C18H26N4O4S/c1-9-7-11(9)22-14(23)13-10(2)12(27-15(13)21(6)17(22)25)8-19-20-16(24)26-18(3,4)5/h9,11,19H,7-8H2,1-6H3,(H,20,24)/t9-,11-/m0/s1. The van der Waals surface area contributed by atoms with Gasteiger partial charge < -0.3 is 4.74 Å². The van der Waals surface area contributed by atoms with Crippen LogP contribution in [0.5, 0.6) is 0 Å². The number of hydrogen-bond acceptors (Lipinski definition) is 6. The third-order valence-electron chi connectivity index (χ3n) is 4.69. The fourth-order valence-corrected chi connectivity index (χ4v) is 4.30. The predicted molar refractivity (Wildman–Crippen MR) is 105 cm³/mol. The normalized spacial score (nSPS) is 19.3. The molecule has 0 aliphatic heterocycles. The number of ether oxygens (including phenoxy) is 1. The Morgan fingerprint density at radius 3 is 2.52 bits per heavy atom. The fourth-order valence-electron chi connectivity index (χ4n) is 3.11. The van der Waals surface area contributed by atoms with Gasteiger partial charge in [0.25, 0.3) is 5.56 Å². The Morgan fingerprint density at radius 2 is 1.96 bits per heavy atom. The second-order valence-corrected chi connectivity index (χ2v) is 9.19. The molecule has 2 aromatic rings. The zero-order chi connectivity index (χ0) is 20.1. The Kier molecular flexibility index (Phi) is 4.94. The molecule has 27 heavy (non-hydrogen) atoms. The van der Waals surface area contributed by atoms with Crippen LogP contribution in [0.3, 0.4) is 0 Å². The molecule has 3 rings (SSSR count). The Bertz CT molecular complexity index is 1010. The van der Waals surface area contributed by atoms with E-state index in [1.165, 1.54) is 15.9 Å². The molecule has 1 aliphatic carbocycles. The lowest BCUT2D eigenvalue weighted by Crippen LogP contribution is -2.40. The van der Waals surface area contributed by atoms with Gasteiger partial charge in [0.05, 0.1) is 5.39 Å². The van der Waals surface area contributed by atoms with Crippen molar-refractivity contribution in [3.63, 3.8) is 0 Å². The Balaban J connectivity index is 1.86. The van der Waals surface area contributed by atoms with Crippen molar-refractivity contribution in [1.29, 1.82) is 0 Å². The predicted octanol–water partition coefficient (Wildman–Crippen LogP) is 2.18. The van der Waals surface area contributed by atoms with Crippen molar-refractivity contribution >= 4 is 27.6 Å². The van der Waals surface area contributed by atoms with E-state index in [-0.39, 0.29) is 17.3 Å². The van der Waals surface area contributed by atoms with Crippen molar-refractivity contribution in [3.05, 3.63) is 31.3 Å². The maximum absolute atomic E-state index is 12.9. The molecule has 0 spiro atoms. The van der Waals surface area contributed by atoms with Crippen LogP contribution in [0.15, 0.2) is 9.59 Å². The summed E-state index contributed by atoms with van der Waals surface area (Å²) in [5.41, 5.74) is 5.07. The van der Waals surface area contributed by atoms with Crippen LogP contribution in [0, 0.1) is 12.8 Å². The minimum absolute atomic E-state index is 0.00434. The van der Waals surface area contributed by atoms with Gasteiger partial charge in [0.15, 0.2) is 0 Å². The van der Waals surface area contributed by atoms with E-state index in [9.17, 15) is 14.4 Å². The number of nitrogens with one attached hydrogen (secondary N) is 2. The average molecular weight is 394 g/mol. The third kappa shape index (κ3) is 3.79. The molecule has 0 unspecified atom stereocenters. The van der Waals surface area contributed by atoms with Crippen LogP contribution >= 0.6 is 11.3 Å². The summed E-state index contributed by atoms with van der Waals surface area (Å²) in [6.45, 7) is 9.60. The van der Waals surface area contributed by atoms with E-state index in [4.69, 9.17) is 4.74 Å². The van der Waals surface area contributed by atoms with E-state index < -0.39 is 11.7 Å². The van der Waals surface area contributed by atoms with Gasteiger partial charge in [-0.25, -0.2) is 15.0 Å². The number of rotatable bonds is 4. The maximum atomic E-state index is 12.9. The topological polar surface area (TPSA) is 94.4 Å². The number of carbonyl (C=O) groups is 1. The van der Waals surface area contributed by atoms with Crippen LogP contribution in [-0.4, -0.2) is 20.8 Å². The third-order valence-corrected chi connectivity index (χ3v) is 6.06. The van der Waals surface area contributed by atoms with Crippen LogP contribution < -0.4 is 22.1 Å². The van der Waals surface area contributed by atoms with E-state index in [1.54, 1.807) is 32.4 Å². The quantitative estimate of drug-likeness (QED) is 0.775. The molecule has 148 valence electrons. The molecule has 2 aromatic heterocycles. The van der Waals surface area contributed by atoms with Crippen LogP contribution in [0.2, 0.25) is 0 Å². The van der Waals surface area contributed by atoms with Gasteiger partial charge in [-0.3, -0.25) is 19.4 Å². The molecule has 2 heterocycles. The van der Waals surface area contributed by atoms with Crippen molar-refractivity contribution in [1.82, 2.24) is 20.0 Å². The van der Waals surface area contributed by atoms with Crippen LogP contribution in [0.25, 0.3) is 10.2 Å². The van der Waals surface area contributed by atoms with Crippen molar-refractivity contribution in [2.45, 2.75) is 59.2 Å². The summed E-state index contributed by atoms with van der Waals surface area (Å²) in [5, 5.41) is 0.579. The van der Waals surface area contributed by atoms with Gasteiger partial charge in [0.2, 0.25) is 0 Å². The zero-order valence-electron chi connectivity index (χ0n) is 16.5. The smallest absolute Gasteiger partial charge is 0.422 e. The number of hydrazine groups is 1. The molecular weight excluding hydrogens is 368 g/mol. The lowest BCUT2D eigenvalue weighted by atomic mass is 10.2. The highest BCUT2D eigenvalue weighted by atomic mass is 32.1. The highest BCUT2D eigenvalue weighted by Gasteiger charge is 2.37. The molecule has 9 heteroatoms. The van der Waals surface area contributed by atoms with Crippen molar-refractivity contribution < 1.29 is 9.53 Å². The molecule has 1 saturated carbocycles. The SMILES string of the molecule is Cc1c(CNNC(=O)OC(C)(C)C)sc2c1c(=O)n([C@H]1C[C@@H]1C)c(=O)n2C. The van der Waals surface area contributed by atoms with Crippen LogP contribution in [0.4, 0.5) is 4.79 Å². The van der Waals surface area contributed by atoms with Gasteiger partial charge in [0, 0.05) is 24.5 Å². The van der Waals surface area contributed by atoms with E-state index in [1.807, 2.05) is 13.8 Å². The molecule has 0 radical (unpaired) electrons. The number of fused-ring (bicyclic) bond motifs is 1. The molecular formula is C18H26N4O4S. The molecule has 1 aliphatic rings. The van der Waals surface area contributed by atoms with E-state index in [0.29, 0.717) is 22.7 Å². The lowest BCUT2D eigenvalue weighted by Gasteiger charge is -2.19. The molecule has 0 bridgehead atoms. The summed E-state index contributed by atoms with van der Waals surface area (Å²) < 4.78 is 8.11. The Morgan fingerprint density at radius 1 is 1.33 bits per heavy atom. The summed E-state index contributed by atoms with van der Waals surface area (Å²) in [7, 11) is 1.69. The van der Waals surface area contributed by atoms with E-state index in [2.05, 4.69) is 10.9 Å². The minimum Gasteiger partial charge on any atom is -0.443 e. The monoisotopic (exact) mass is 394 g/mol. The van der Waals surface area contributed by atoms with Crippen molar-refractivity contribution in [2.24, 2.45) is 13.0 Å². The highest BCUT2D eigenvalue weighted by Crippen LogP contribution is 2.41. The molecule has 1 fully saturated rings. The summed E-state index contributed by atoms with van der Waals surface area (Å²) in [6.07, 6.45) is 0.289. The molecule has 1 amide bonds. The van der Waals surface area contributed by atoms with Crippen LogP contribution in [-0.2, 0) is 18.3 Å². The first-order valence-corrected chi connectivity index (χ1v) is 9.78. The van der Waals surface area contributed by atoms with Crippen LogP contribution in [0.1, 0.15) is 50.6 Å². The summed E-state index contributed by atoms with van der Waals surface area (Å²) >= 11 is 1.38. The molecule has 2 atom stereocenters. The van der Waals surface area contributed by atoms with Gasteiger partial charge >= 0.3 is 11.8 Å². The molecule has 2 N–H and O–H groups in total. The summed E-state index contributed by atoms with van der Waals surface area (Å²) in [5.74, 6) is 0.353. The van der Waals surface area contributed by atoms with Gasteiger partial charge in [-0.15, -0.1) is 11.3 Å². The largest absolute Gasteiger partial charge is 0.443 e. The van der Waals surface area contributed by atoms with E-state index in [0.717, 1.165) is 16.9 Å². The highest BCUT2D eigenvalue weighted by molar-refractivity contribution is 7.18. The first-order chi connectivity index (χ1) is 12.5. The van der Waals surface area contributed by atoms with E-state index >= 15 is 0 Å². The second-order valence-electron chi connectivity index (χ2n) is 8.11. The van der Waals surface area contributed by atoms with Crippen molar-refractivity contribution in [2.75, 3.05) is 0 Å². The number of carbonyl (C=O) groups excluding carboxylic acids is 1. The second kappa shape index (κ2) is 6.79. The van der Waals surface area contributed by atoms with Crippen molar-refractivity contribution in [3.8, 4) is 0 Å². The minimum atomic E-state index is -0.581. The van der Waals surface area contributed by atoms with Gasteiger partial charge in [-0.2, -0.15) is 0 Å². The first kappa shape index (κ1) is 19.6. The molecule has 0 saturated heterocycles. The number of nitrogens with zero attached hydrogens (tertiary/aromatic N) is 2.